The van der Waals surface area contributed by atoms with Gasteiger partial charge in [0.05, 0.1) is 10.8 Å². The van der Waals surface area contributed by atoms with E-state index in [1.165, 1.54) is 0 Å². The molecule has 6 N–H and O–H groups in total. The Bertz CT molecular complexity index is 575. The van der Waals surface area contributed by atoms with Crippen molar-refractivity contribution in [2.24, 2.45) is 0 Å². The molecule has 0 radical (unpaired) electrons. The zero-order chi connectivity index (χ0) is 13.8. The molecule has 0 amide bonds. The molecule has 2 rings (SSSR count). The van der Waals surface area contributed by atoms with E-state index in [-0.39, 0.29) is 0 Å². The first-order valence-corrected chi connectivity index (χ1v) is 4.53. The van der Waals surface area contributed by atoms with E-state index in [1.54, 1.807) is 0 Å². The maximum Gasteiger partial charge on any atom is 0.186 e. The van der Waals surface area contributed by atoms with Gasteiger partial charge in [0.15, 0.2) is 34.8 Å². The molecule has 0 aliphatic heterocycles. The van der Waals surface area contributed by atoms with Gasteiger partial charge in [-0.3, -0.25) is 0 Å². The highest BCUT2D eigenvalue weighted by Crippen LogP contribution is 2.45. The molecule has 8 heteroatoms. The Morgan fingerprint density at radius 3 is 1.28 bits per heavy atom. The molecule has 0 saturated carbocycles. The maximum absolute atomic E-state index is 13.5. The van der Waals surface area contributed by atoms with Crippen LogP contribution in [0, 0.1) is 23.3 Å². The molecular weight excluding hydrogens is 256 g/mol. The summed E-state index contributed by atoms with van der Waals surface area (Å²) in [6.07, 6.45) is 0. The SMILES string of the molecule is Nc1c(F)c(F)c2c(F)c(F)c(N)c(O)c2c1O. The summed E-state index contributed by atoms with van der Waals surface area (Å²) in [6.45, 7) is 0. The highest BCUT2D eigenvalue weighted by Gasteiger charge is 2.27. The third-order valence-electron chi connectivity index (χ3n) is 2.53. The van der Waals surface area contributed by atoms with Gasteiger partial charge in [0.1, 0.15) is 11.4 Å². The normalized spacial score (nSPS) is 11.1. The number of hydrogen-bond acceptors (Lipinski definition) is 4. The predicted molar refractivity (Wildman–Crippen MR) is 55.9 cm³/mol. The van der Waals surface area contributed by atoms with Gasteiger partial charge in [-0.1, -0.05) is 0 Å². The summed E-state index contributed by atoms with van der Waals surface area (Å²) in [6, 6.07) is 0. The van der Waals surface area contributed by atoms with Gasteiger partial charge in [-0.25, -0.2) is 17.6 Å². The van der Waals surface area contributed by atoms with Crippen molar-refractivity contribution in [3.63, 3.8) is 0 Å². The van der Waals surface area contributed by atoms with Crippen LogP contribution in [0.1, 0.15) is 0 Å². The van der Waals surface area contributed by atoms with Gasteiger partial charge in [-0.05, 0) is 0 Å². The quantitative estimate of drug-likeness (QED) is 0.332. The molecule has 18 heavy (non-hydrogen) atoms. The van der Waals surface area contributed by atoms with E-state index in [0.717, 1.165) is 0 Å². The number of halogens is 4. The number of hydrogen-bond donors (Lipinski definition) is 4. The number of aromatic hydroxyl groups is 2. The number of anilines is 2. The Hall–Kier alpha value is -2.38. The lowest BCUT2D eigenvalue weighted by atomic mass is 10.0. The smallest absolute Gasteiger partial charge is 0.186 e. The van der Waals surface area contributed by atoms with Crippen molar-refractivity contribution in [3.05, 3.63) is 23.3 Å². The minimum atomic E-state index is -1.83. The number of phenols is 2. The Morgan fingerprint density at radius 1 is 0.611 bits per heavy atom. The van der Waals surface area contributed by atoms with Crippen LogP contribution in [0.15, 0.2) is 0 Å². The van der Waals surface area contributed by atoms with Crippen molar-refractivity contribution in [2.45, 2.75) is 0 Å². The van der Waals surface area contributed by atoms with Crippen molar-refractivity contribution in [1.29, 1.82) is 0 Å². The molecule has 0 spiro atoms. The predicted octanol–water partition coefficient (Wildman–Crippen LogP) is 1.97. The van der Waals surface area contributed by atoms with Gasteiger partial charge >= 0.3 is 0 Å². The van der Waals surface area contributed by atoms with Crippen molar-refractivity contribution < 1.29 is 27.8 Å². The van der Waals surface area contributed by atoms with Gasteiger partial charge in [-0.2, -0.15) is 0 Å². The number of benzene rings is 2. The Balaban J connectivity index is 3.22. The van der Waals surface area contributed by atoms with Crippen LogP contribution in [0.3, 0.4) is 0 Å². The zero-order valence-electron chi connectivity index (χ0n) is 8.56. The van der Waals surface area contributed by atoms with Crippen LogP contribution in [0.4, 0.5) is 28.9 Å². The fraction of sp³-hybridized carbons (Fsp3) is 0. The van der Waals surface area contributed by atoms with Crippen molar-refractivity contribution in [3.8, 4) is 11.5 Å². The fourth-order valence-corrected chi connectivity index (χ4v) is 1.60. The van der Waals surface area contributed by atoms with Gasteiger partial charge in [0.2, 0.25) is 0 Å². The molecule has 0 unspecified atom stereocenters. The summed E-state index contributed by atoms with van der Waals surface area (Å²) in [4.78, 5) is 0. The largest absolute Gasteiger partial charge is 0.505 e. The monoisotopic (exact) mass is 262 g/mol. The van der Waals surface area contributed by atoms with Crippen LogP contribution >= 0.6 is 0 Å². The van der Waals surface area contributed by atoms with Gasteiger partial charge < -0.3 is 21.7 Å². The second kappa shape index (κ2) is 3.56. The lowest BCUT2D eigenvalue weighted by Crippen LogP contribution is -2.03. The van der Waals surface area contributed by atoms with Crippen molar-refractivity contribution in [2.75, 3.05) is 11.5 Å². The minimum Gasteiger partial charge on any atom is -0.505 e. The average Bonchev–Trinajstić information content (AvgIpc) is 2.35. The number of phenolic OH excluding ortho intramolecular Hbond substituents is 2. The summed E-state index contributed by atoms with van der Waals surface area (Å²) in [5.41, 5.74) is 7.96. The van der Waals surface area contributed by atoms with E-state index < -0.39 is 56.9 Å². The fourth-order valence-electron chi connectivity index (χ4n) is 1.60. The molecular formula is C10H6F4N2O2. The number of nitrogens with two attached hydrogens (primary N) is 2. The lowest BCUT2D eigenvalue weighted by molar-refractivity contribution is 0.446. The molecule has 0 aliphatic rings. The van der Waals surface area contributed by atoms with E-state index in [9.17, 15) is 27.8 Å². The first-order chi connectivity index (χ1) is 8.29. The standard InChI is InChI=1S/C10H6F4N2O2/c11-3-1-2(9(17)7(15)5(3)13)10(18)8(16)6(14)4(1)12/h17-18H,15-16H2. The van der Waals surface area contributed by atoms with Gasteiger partial charge in [-0.15, -0.1) is 0 Å². The third kappa shape index (κ3) is 1.25. The Kier molecular flexibility index (Phi) is 2.39. The zero-order valence-corrected chi connectivity index (χ0v) is 8.56. The summed E-state index contributed by atoms with van der Waals surface area (Å²) in [5, 5.41) is 16.7. The van der Waals surface area contributed by atoms with E-state index in [0.29, 0.717) is 0 Å². The molecule has 2 aromatic rings. The first kappa shape index (κ1) is 12.1. The molecule has 0 atom stereocenters. The molecule has 0 fully saturated rings. The number of fused-ring (bicyclic) bond motifs is 1. The van der Waals surface area contributed by atoms with Crippen LogP contribution < -0.4 is 11.5 Å². The molecule has 0 heterocycles. The Labute approximate surface area is 97.0 Å². The third-order valence-corrected chi connectivity index (χ3v) is 2.53. The molecule has 2 aromatic carbocycles. The van der Waals surface area contributed by atoms with Crippen LogP contribution in [0.2, 0.25) is 0 Å². The molecule has 96 valence electrons. The van der Waals surface area contributed by atoms with Gasteiger partial charge in [0.25, 0.3) is 0 Å². The summed E-state index contributed by atoms with van der Waals surface area (Å²) < 4.78 is 53.3. The highest BCUT2D eigenvalue weighted by molar-refractivity contribution is 6.01. The van der Waals surface area contributed by atoms with E-state index in [4.69, 9.17) is 11.5 Å². The van der Waals surface area contributed by atoms with Crippen LogP contribution in [-0.2, 0) is 0 Å². The van der Waals surface area contributed by atoms with Crippen LogP contribution in [-0.4, -0.2) is 10.2 Å². The topological polar surface area (TPSA) is 92.5 Å². The summed E-state index contributed by atoms with van der Waals surface area (Å²) >= 11 is 0. The van der Waals surface area contributed by atoms with E-state index in [1.807, 2.05) is 0 Å². The molecule has 0 saturated heterocycles. The maximum atomic E-state index is 13.5. The second-order valence-electron chi connectivity index (χ2n) is 3.53. The Morgan fingerprint density at radius 2 is 0.944 bits per heavy atom. The second-order valence-corrected chi connectivity index (χ2v) is 3.53. The molecule has 0 bridgehead atoms. The lowest BCUT2D eigenvalue weighted by Gasteiger charge is -2.12. The van der Waals surface area contributed by atoms with E-state index >= 15 is 0 Å². The summed E-state index contributed by atoms with van der Waals surface area (Å²) in [5.74, 6) is -9.39. The number of rotatable bonds is 0. The number of nitrogen functional groups attached to an aromatic ring is 2. The van der Waals surface area contributed by atoms with Crippen LogP contribution in [0.25, 0.3) is 10.8 Å². The molecule has 4 nitrogen and oxygen atoms in total. The van der Waals surface area contributed by atoms with Crippen molar-refractivity contribution in [1.82, 2.24) is 0 Å². The van der Waals surface area contributed by atoms with Crippen LogP contribution in [0.5, 0.6) is 11.5 Å². The van der Waals surface area contributed by atoms with Crippen molar-refractivity contribution >= 4 is 22.1 Å². The van der Waals surface area contributed by atoms with E-state index in [2.05, 4.69) is 0 Å². The average molecular weight is 262 g/mol. The molecule has 0 aliphatic carbocycles. The summed E-state index contributed by atoms with van der Waals surface area (Å²) in [7, 11) is 0. The molecule has 0 aromatic heterocycles. The minimum absolute atomic E-state index is 0.886. The highest BCUT2D eigenvalue weighted by atomic mass is 19.2. The van der Waals surface area contributed by atoms with Gasteiger partial charge in [0, 0.05) is 0 Å². The first-order valence-electron chi connectivity index (χ1n) is 4.53.